The molecule has 0 radical (unpaired) electrons. The SMILES string of the molecule is C/C=C(\C=C(/C)C(=O)OC)c1ccc(NC)cc1.CC. The molecule has 3 nitrogen and oxygen atoms in total. The third-order valence-corrected chi connectivity index (χ3v) is 2.70. The van der Waals surface area contributed by atoms with Gasteiger partial charge in [-0.3, -0.25) is 0 Å². The largest absolute Gasteiger partial charge is 0.466 e. The number of anilines is 1. The van der Waals surface area contributed by atoms with Gasteiger partial charge in [-0.15, -0.1) is 0 Å². The summed E-state index contributed by atoms with van der Waals surface area (Å²) in [5, 5.41) is 3.07. The molecule has 0 saturated carbocycles. The molecule has 1 aromatic carbocycles. The molecule has 0 aliphatic rings. The number of carbonyl (C=O) groups excluding carboxylic acids is 1. The van der Waals surface area contributed by atoms with Gasteiger partial charge in [-0.2, -0.15) is 0 Å². The van der Waals surface area contributed by atoms with Gasteiger partial charge in [0.15, 0.2) is 0 Å². The van der Waals surface area contributed by atoms with Gasteiger partial charge in [0.25, 0.3) is 0 Å². The Morgan fingerprint density at radius 3 is 2.15 bits per heavy atom. The number of carbonyl (C=O) groups is 1. The summed E-state index contributed by atoms with van der Waals surface area (Å²) < 4.78 is 4.69. The van der Waals surface area contributed by atoms with Gasteiger partial charge in [0, 0.05) is 18.3 Å². The Morgan fingerprint density at radius 2 is 1.75 bits per heavy atom. The van der Waals surface area contributed by atoms with Gasteiger partial charge in [0.2, 0.25) is 0 Å². The van der Waals surface area contributed by atoms with E-state index in [1.54, 1.807) is 6.92 Å². The van der Waals surface area contributed by atoms with E-state index in [-0.39, 0.29) is 5.97 Å². The van der Waals surface area contributed by atoms with E-state index in [1.165, 1.54) is 7.11 Å². The highest BCUT2D eigenvalue weighted by Gasteiger charge is 2.05. The summed E-state index contributed by atoms with van der Waals surface area (Å²) in [4.78, 5) is 11.4. The Morgan fingerprint density at radius 1 is 1.20 bits per heavy atom. The first-order valence-electron chi connectivity index (χ1n) is 6.83. The number of benzene rings is 1. The number of rotatable bonds is 4. The standard InChI is InChI=1S/C15H19NO2.C2H6/c1-5-12(10-11(2)15(17)18-4)13-6-8-14(16-3)9-7-13;1-2/h5-10,16H,1-4H3;1-2H3/b11-10+,12-5+;. The van der Waals surface area contributed by atoms with Crippen LogP contribution in [0.2, 0.25) is 0 Å². The van der Waals surface area contributed by atoms with Gasteiger partial charge in [-0.25, -0.2) is 4.79 Å². The summed E-state index contributed by atoms with van der Waals surface area (Å²) in [5.74, 6) is -0.304. The fourth-order valence-corrected chi connectivity index (χ4v) is 1.62. The summed E-state index contributed by atoms with van der Waals surface area (Å²) in [5.41, 5.74) is 3.71. The molecule has 0 heterocycles. The monoisotopic (exact) mass is 275 g/mol. The van der Waals surface area contributed by atoms with Gasteiger partial charge in [0.1, 0.15) is 0 Å². The molecule has 0 fully saturated rings. The number of hydrogen-bond acceptors (Lipinski definition) is 3. The molecule has 0 saturated heterocycles. The van der Waals surface area contributed by atoms with E-state index in [0.29, 0.717) is 5.57 Å². The molecule has 0 aliphatic heterocycles. The first-order chi connectivity index (χ1) is 9.62. The van der Waals surface area contributed by atoms with Crippen molar-refractivity contribution in [2.24, 2.45) is 0 Å². The molecular weight excluding hydrogens is 250 g/mol. The maximum absolute atomic E-state index is 11.4. The molecule has 1 rings (SSSR count). The van der Waals surface area contributed by atoms with Crippen molar-refractivity contribution in [3.8, 4) is 0 Å². The van der Waals surface area contributed by atoms with Gasteiger partial charge in [0.05, 0.1) is 7.11 Å². The molecule has 110 valence electrons. The molecule has 20 heavy (non-hydrogen) atoms. The highest BCUT2D eigenvalue weighted by atomic mass is 16.5. The zero-order valence-electron chi connectivity index (χ0n) is 13.3. The molecule has 0 bridgehead atoms. The molecule has 0 aromatic heterocycles. The van der Waals surface area contributed by atoms with Crippen LogP contribution >= 0.6 is 0 Å². The first-order valence-corrected chi connectivity index (χ1v) is 6.83. The molecule has 1 N–H and O–H groups in total. The number of hydrogen-bond donors (Lipinski definition) is 1. The normalized spacial score (nSPS) is 11.3. The van der Waals surface area contributed by atoms with E-state index in [2.05, 4.69) is 10.1 Å². The van der Waals surface area contributed by atoms with Crippen molar-refractivity contribution < 1.29 is 9.53 Å². The maximum Gasteiger partial charge on any atom is 0.333 e. The Hall–Kier alpha value is -2.03. The minimum Gasteiger partial charge on any atom is -0.466 e. The molecule has 0 unspecified atom stereocenters. The lowest BCUT2D eigenvalue weighted by molar-refractivity contribution is -0.136. The van der Waals surface area contributed by atoms with Crippen LogP contribution in [-0.2, 0) is 9.53 Å². The van der Waals surface area contributed by atoms with E-state index in [4.69, 9.17) is 0 Å². The van der Waals surface area contributed by atoms with Crippen LogP contribution in [0.15, 0.2) is 42.0 Å². The van der Waals surface area contributed by atoms with E-state index >= 15 is 0 Å². The third-order valence-electron chi connectivity index (χ3n) is 2.70. The van der Waals surface area contributed by atoms with Crippen LogP contribution in [0.3, 0.4) is 0 Å². The highest BCUT2D eigenvalue weighted by molar-refractivity contribution is 5.92. The van der Waals surface area contributed by atoms with E-state index < -0.39 is 0 Å². The van der Waals surface area contributed by atoms with Crippen molar-refractivity contribution in [2.75, 3.05) is 19.5 Å². The zero-order chi connectivity index (χ0) is 15.5. The minimum absolute atomic E-state index is 0.304. The van der Waals surface area contributed by atoms with Crippen molar-refractivity contribution in [3.05, 3.63) is 47.6 Å². The van der Waals surface area contributed by atoms with Crippen LogP contribution in [0.1, 0.15) is 33.3 Å². The molecule has 0 spiro atoms. The first kappa shape index (κ1) is 18.0. The van der Waals surface area contributed by atoms with Crippen molar-refractivity contribution in [1.29, 1.82) is 0 Å². The van der Waals surface area contributed by atoms with Crippen molar-refractivity contribution in [3.63, 3.8) is 0 Å². The fourth-order valence-electron chi connectivity index (χ4n) is 1.62. The Bertz CT molecular complexity index is 470. The topological polar surface area (TPSA) is 38.3 Å². The van der Waals surface area contributed by atoms with Crippen LogP contribution < -0.4 is 5.32 Å². The Balaban J connectivity index is 0.00000172. The number of methoxy groups -OCH3 is 1. The molecule has 0 aliphatic carbocycles. The van der Waals surface area contributed by atoms with Crippen LogP contribution in [0, 0.1) is 0 Å². The predicted molar refractivity (Wildman–Crippen MR) is 86.8 cm³/mol. The van der Waals surface area contributed by atoms with E-state index in [0.717, 1.165) is 16.8 Å². The second kappa shape index (κ2) is 9.84. The van der Waals surface area contributed by atoms with E-state index in [9.17, 15) is 4.79 Å². The van der Waals surface area contributed by atoms with E-state index in [1.807, 2.05) is 64.2 Å². The van der Waals surface area contributed by atoms with Crippen molar-refractivity contribution >= 4 is 17.2 Å². The third kappa shape index (κ3) is 5.31. The minimum atomic E-state index is -0.304. The smallest absolute Gasteiger partial charge is 0.333 e. The van der Waals surface area contributed by atoms with Gasteiger partial charge in [-0.05, 0) is 43.2 Å². The van der Waals surface area contributed by atoms with Crippen LogP contribution in [0.4, 0.5) is 5.69 Å². The number of allylic oxidation sites excluding steroid dienone is 3. The molecule has 0 atom stereocenters. The number of esters is 1. The molecule has 0 amide bonds. The summed E-state index contributed by atoms with van der Waals surface area (Å²) in [6.07, 6.45) is 3.81. The second-order valence-corrected chi connectivity index (χ2v) is 3.89. The van der Waals surface area contributed by atoms with Crippen LogP contribution in [0.5, 0.6) is 0 Å². The van der Waals surface area contributed by atoms with Crippen LogP contribution in [0.25, 0.3) is 5.57 Å². The van der Waals surface area contributed by atoms with Crippen molar-refractivity contribution in [2.45, 2.75) is 27.7 Å². The molecule has 3 heteroatoms. The van der Waals surface area contributed by atoms with Gasteiger partial charge in [-0.1, -0.05) is 32.1 Å². The highest BCUT2D eigenvalue weighted by Crippen LogP contribution is 2.20. The lowest BCUT2D eigenvalue weighted by Gasteiger charge is -2.06. The second-order valence-electron chi connectivity index (χ2n) is 3.89. The zero-order valence-corrected chi connectivity index (χ0v) is 13.3. The summed E-state index contributed by atoms with van der Waals surface area (Å²) in [7, 11) is 3.27. The fraction of sp³-hybridized carbons (Fsp3) is 0.353. The lowest BCUT2D eigenvalue weighted by atomic mass is 10.0. The summed E-state index contributed by atoms with van der Waals surface area (Å²) >= 11 is 0. The maximum atomic E-state index is 11.4. The number of ether oxygens (including phenoxy) is 1. The lowest BCUT2D eigenvalue weighted by Crippen LogP contribution is -2.01. The Labute approximate surface area is 122 Å². The average Bonchev–Trinajstić information content (AvgIpc) is 2.53. The molecular formula is C17H25NO2. The average molecular weight is 275 g/mol. The predicted octanol–water partition coefficient (Wildman–Crippen LogP) is 4.28. The van der Waals surface area contributed by atoms with Gasteiger partial charge < -0.3 is 10.1 Å². The van der Waals surface area contributed by atoms with Crippen molar-refractivity contribution in [1.82, 2.24) is 0 Å². The summed E-state index contributed by atoms with van der Waals surface area (Å²) in [6.45, 7) is 7.69. The number of nitrogens with one attached hydrogen (secondary N) is 1. The molecule has 1 aromatic rings. The van der Waals surface area contributed by atoms with Crippen LogP contribution in [-0.4, -0.2) is 20.1 Å². The Kier molecular flexibility index (Phi) is 8.84. The summed E-state index contributed by atoms with van der Waals surface area (Å²) in [6, 6.07) is 8.03. The quantitative estimate of drug-likeness (QED) is 0.506. The van der Waals surface area contributed by atoms with Gasteiger partial charge >= 0.3 is 5.97 Å².